The van der Waals surface area contributed by atoms with E-state index in [1.807, 2.05) is 35.9 Å². The van der Waals surface area contributed by atoms with Crippen molar-refractivity contribution in [2.24, 2.45) is 9.98 Å². The van der Waals surface area contributed by atoms with Crippen molar-refractivity contribution in [1.29, 1.82) is 0 Å². The van der Waals surface area contributed by atoms with Crippen molar-refractivity contribution in [2.45, 2.75) is 26.1 Å². The number of nitrogens with one attached hydrogen (secondary N) is 3. The maximum atomic E-state index is 11.4. The number of carbonyl (C=O) groups excluding carboxylic acids is 1. The van der Waals surface area contributed by atoms with Crippen molar-refractivity contribution < 1.29 is 23.7 Å². The predicted molar refractivity (Wildman–Crippen MR) is 143 cm³/mol. The van der Waals surface area contributed by atoms with Gasteiger partial charge in [-0.1, -0.05) is 0 Å². The molecule has 0 saturated heterocycles. The molecule has 0 aliphatic carbocycles. The molecule has 11 nitrogen and oxygen atoms in total. The first kappa shape index (κ1) is 25.7. The van der Waals surface area contributed by atoms with E-state index in [-0.39, 0.29) is 5.91 Å². The van der Waals surface area contributed by atoms with Gasteiger partial charge in [0.1, 0.15) is 5.75 Å². The van der Waals surface area contributed by atoms with Gasteiger partial charge in [-0.25, -0.2) is 9.98 Å². The molecule has 37 heavy (non-hydrogen) atoms. The van der Waals surface area contributed by atoms with Gasteiger partial charge < -0.3 is 39.5 Å². The zero-order chi connectivity index (χ0) is 26.6. The molecule has 11 heteroatoms. The largest absolute Gasteiger partial charge is 0.497 e. The van der Waals surface area contributed by atoms with Gasteiger partial charge in [-0.05, 0) is 30.2 Å². The van der Waals surface area contributed by atoms with Crippen LogP contribution in [0.2, 0.25) is 0 Å². The lowest BCUT2D eigenvalue weighted by atomic mass is 10.1. The van der Waals surface area contributed by atoms with Crippen molar-refractivity contribution in [1.82, 2.24) is 15.2 Å². The van der Waals surface area contributed by atoms with Crippen LogP contribution in [-0.4, -0.2) is 57.8 Å². The number of guanidine groups is 1. The average Bonchev–Trinajstić information content (AvgIpc) is 3.26. The van der Waals surface area contributed by atoms with Crippen LogP contribution in [0, 0.1) is 0 Å². The first-order valence-electron chi connectivity index (χ1n) is 11.7. The van der Waals surface area contributed by atoms with Gasteiger partial charge in [-0.2, -0.15) is 0 Å². The van der Waals surface area contributed by atoms with E-state index >= 15 is 0 Å². The molecule has 0 radical (unpaired) electrons. The molecule has 0 saturated carbocycles. The Kier molecular flexibility index (Phi) is 7.42. The number of aliphatic imine (C=N–C) groups is 2. The van der Waals surface area contributed by atoms with Crippen molar-refractivity contribution in [2.75, 3.05) is 40.3 Å². The summed E-state index contributed by atoms with van der Waals surface area (Å²) in [5.74, 6) is 1.73. The second kappa shape index (κ2) is 10.7. The lowest BCUT2D eigenvalue weighted by molar-refractivity contribution is -0.118. The molecular formula is C26H32N6O5. The second-order valence-corrected chi connectivity index (χ2v) is 8.51. The van der Waals surface area contributed by atoms with Gasteiger partial charge >= 0.3 is 0 Å². The van der Waals surface area contributed by atoms with Crippen LogP contribution in [0.15, 0.2) is 46.5 Å². The zero-order valence-corrected chi connectivity index (χ0v) is 21.8. The third-order valence-electron chi connectivity index (χ3n) is 6.08. The van der Waals surface area contributed by atoms with Crippen LogP contribution in [0.4, 0.5) is 5.69 Å². The number of benzene rings is 2. The predicted octanol–water partition coefficient (Wildman–Crippen LogP) is 3.08. The highest BCUT2D eigenvalue weighted by atomic mass is 16.5. The van der Waals surface area contributed by atoms with E-state index in [1.54, 1.807) is 46.9 Å². The second-order valence-electron chi connectivity index (χ2n) is 8.51. The summed E-state index contributed by atoms with van der Waals surface area (Å²) in [6.45, 7) is 3.95. The standard InChI is InChI=1S/C26H32N6O5/c1-16(33)27-10-9-17-14-32(21-8-7-19(34-3)13-20(17)21)26(2)29-15-28-25(31-26)30-18-11-22(35-4)24(37-6)23(12-18)36-5/h7-8,11-15H,9-10H2,1-6H3,(H,27,33)(H2,28,29,30,31). The summed E-state index contributed by atoms with van der Waals surface area (Å²) in [4.78, 5) is 20.9. The summed E-state index contributed by atoms with van der Waals surface area (Å²) in [6.07, 6.45) is 4.28. The molecule has 2 heterocycles. The van der Waals surface area contributed by atoms with Crippen LogP contribution in [-0.2, 0) is 17.0 Å². The van der Waals surface area contributed by atoms with Crippen molar-refractivity contribution in [3.63, 3.8) is 0 Å². The Balaban J connectivity index is 1.71. The molecule has 1 amide bonds. The quantitative estimate of drug-likeness (QED) is 0.406. The minimum atomic E-state index is -0.979. The first-order valence-corrected chi connectivity index (χ1v) is 11.7. The normalized spacial score (nSPS) is 16.5. The molecule has 3 N–H and O–H groups in total. The number of hydrogen-bond acceptors (Lipinski definition) is 9. The van der Waals surface area contributed by atoms with Gasteiger partial charge in [0.15, 0.2) is 11.5 Å². The number of carbonyl (C=O) groups is 1. The van der Waals surface area contributed by atoms with Crippen molar-refractivity contribution in [3.05, 3.63) is 42.1 Å². The van der Waals surface area contributed by atoms with Crippen LogP contribution >= 0.6 is 0 Å². The Bertz CT molecular complexity index is 1340. The lowest BCUT2D eigenvalue weighted by Gasteiger charge is -2.28. The fraction of sp³-hybridized carbons (Fsp3) is 0.346. The number of rotatable bonds is 9. The number of methoxy groups -OCH3 is 4. The van der Waals surface area contributed by atoms with E-state index in [4.69, 9.17) is 23.9 Å². The van der Waals surface area contributed by atoms with E-state index < -0.39 is 5.79 Å². The topological polar surface area (TPSA) is 120 Å². The monoisotopic (exact) mass is 508 g/mol. The van der Waals surface area contributed by atoms with Crippen LogP contribution in [0.3, 0.4) is 0 Å². The Labute approximate surface area is 215 Å². The molecular weight excluding hydrogens is 476 g/mol. The van der Waals surface area contributed by atoms with Gasteiger partial charge in [-0.15, -0.1) is 0 Å². The third kappa shape index (κ3) is 5.25. The van der Waals surface area contributed by atoms with E-state index in [2.05, 4.69) is 20.9 Å². The highest BCUT2D eigenvalue weighted by molar-refractivity contribution is 6.01. The molecule has 0 fully saturated rings. The lowest BCUT2D eigenvalue weighted by Crippen LogP contribution is -2.40. The summed E-state index contributed by atoms with van der Waals surface area (Å²) < 4.78 is 23.8. The minimum Gasteiger partial charge on any atom is -0.497 e. The molecule has 1 atom stereocenters. The summed E-state index contributed by atoms with van der Waals surface area (Å²) in [7, 11) is 6.33. The summed E-state index contributed by atoms with van der Waals surface area (Å²) in [5.41, 5.74) is 2.68. The van der Waals surface area contributed by atoms with Crippen LogP contribution < -0.4 is 34.9 Å². The van der Waals surface area contributed by atoms with Crippen LogP contribution in [0.1, 0.15) is 19.4 Å². The number of fused-ring (bicyclic) bond motifs is 1. The fourth-order valence-electron chi connectivity index (χ4n) is 4.29. The molecule has 1 unspecified atom stereocenters. The van der Waals surface area contributed by atoms with Crippen LogP contribution in [0.5, 0.6) is 23.0 Å². The van der Waals surface area contributed by atoms with E-state index in [9.17, 15) is 4.79 Å². The van der Waals surface area contributed by atoms with Crippen molar-refractivity contribution in [3.8, 4) is 23.0 Å². The van der Waals surface area contributed by atoms with Gasteiger partial charge in [0, 0.05) is 49.8 Å². The highest BCUT2D eigenvalue weighted by Crippen LogP contribution is 2.40. The highest BCUT2D eigenvalue weighted by Gasteiger charge is 2.30. The maximum absolute atomic E-state index is 11.4. The average molecular weight is 509 g/mol. The van der Waals surface area contributed by atoms with Gasteiger partial charge in [0.2, 0.25) is 23.4 Å². The Hall–Kier alpha value is -4.41. The smallest absolute Gasteiger partial charge is 0.233 e. The molecule has 2 aromatic carbocycles. The van der Waals surface area contributed by atoms with Crippen molar-refractivity contribution >= 4 is 34.8 Å². The third-order valence-corrected chi connectivity index (χ3v) is 6.08. The van der Waals surface area contributed by atoms with E-state index in [1.165, 1.54) is 6.92 Å². The number of nitrogens with zero attached hydrogens (tertiary/aromatic N) is 3. The number of hydrogen-bond donors (Lipinski definition) is 3. The Morgan fingerprint density at radius 2 is 1.78 bits per heavy atom. The zero-order valence-electron chi connectivity index (χ0n) is 21.8. The summed E-state index contributed by atoms with van der Waals surface area (Å²) in [5, 5.41) is 10.2. The van der Waals surface area contributed by atoms with Crippen LogP contribution in [0.25, 0.3) is 10.9 Å². The fourth-order valence-corrected chi connectivity index (χ4v) is 4.29. The molecule has 0 bridgehead atoms. The van der Waals surface area contributed by atoms with Gasteiger partial charge in [0.25, 0.3) is 0 Å². The SMILES string of the molecule is COc1ccc2c(c1)c(CCNC(C)=O)cn2C1(C)N=CNC(Nc2cc(OC)c(OC)c(OC)c2)=N1. The molecule has 4 rings (SSSR count). The number of anilines is 1. The van der Waals surface area contributed by atoms with Gasteiger partial charge in [-0.3, -0.25) is 4.79 Å². The number of amides is 1. The molecule has 1 aliphatic rings. The maximum Gasteiger partial charge on any atom is 0.233 e. The van der Waals surface area contributed by atoms with Gasteiger partial charge in [0.05, 0.1) is 40.3 Å². The molecule has 1 aliphatic heterocycles. The molecule has 3 aromatic rings. The van der Waals surface area contributed by atoms with E-state index in [0.29, 0.717) is 41.9 Å². The summed E-state index contributed by atoms with van der Waals surface area (Å²) >= 11 is 0. The molecule has 0 spiro atoms. The first-order chi connectivity index (χ1) is 17.8. The summed E-state index contributed by atoms with van der Waals surface area (Å²) in [6, 6.07) is 9.48. The number of ether oxygens (including phenoxy) is 4. The minimum absolute atomic E-state index is 0.0663. The Morgan fingerprint density at radius 1 is 1.05 bits per heavy atom. The molecule has 1 aromatic heterocycles. The number of aromatic nitrogens is 1. The molecule has 196 valence electrons. The van der Waals surface area contributed by atoms with E-state index in [0.717, 1.165) is 22.2 Å². The Morgan fingerprint density at radius 3 is 2.41 bits per heavy atom.